The number of hydrogen-bond acceptors (Lipinski definition) is 2. The molecule has 0 aliphatic rings. The zero-order chi connectivity index (χ0) is 30.5. The van der Waals surface area contributed by atoms with Crippen LogP contribution in [0.4, 0.5) is 0 Å². The molecule has 0 radical (unpaired) electrons. The zero-order valence-electron chi connectivity index (χ0n) is 25.0. The van der Waals surface area contributed by atoms with Gasteiger partial charge >= 0.3 is 0 Å². The van der Waals surface area contributed by atoms with Crippen molar-refractivity contribution in [3.63, 3.8) is 0 Å². The van der Waals surface area contributed by atoms with Crippen molar-refractivity contribution in [1.29, 1.82) is 0 Å². The second-order valence-electron chi connectivity index (χ2n) is 11.5. The summed E-state index contributed by atoms with van der Waals surface area (Å²) in [5, 5.41) is 3.66. The Morgan fingerprint density at radius 1 is 0.413 bits per heavy atom. The van der Waals surface area contributed by atoms with E-state index in [9.17, 15) is 0 Å². The van der Waals surface area contributed by atoms with Gasteiger partial charge in [-0.25, -0.2) is 9.97 Å². The first-order valence-electron chi connectivity index (χ1n) is 15.5. The highest BCUT2D eigenvalue weighted by Gasteiger charge is 2.18. The highest BCUT2D eigenvalue weighted by molar-refractivity contribution is 6.18. The highest BCUT2D eigenvalue weighted by Crippen LogP contribution is 2.38. The molecule has 0 N–H and O–H groups in total. The average molecular weight is 589 g/mol. The van der Waals surface area contributed by atoms with Crippen molar-refractivity contribution in [3.8, 4) is 45.3 Å². The average Bonchev–Trinajstić information content (AvgIpc) is 3.72. The third-order valence-corrected chi connectivity index (χ3v) is 8.75. The van der Waals surface area contributed by atoms with Crippen molar-refractivity contribution >= 4 is 32.7 Å². The molecule has 0 saturated carbocycles. The Morgan fingerprint density at radius 2 is 1.02 bits per heavy atom. The molecule has 0 bridgehead atoms. The molecule has 0 aliphatic carbocycles. The largest absolute Gasteiger partial charge is 0.315 e. The molecule has 6 aromatic carbocycles. The molecule has 216 valence electrons. The summed E-state index contributed by atoms with van der Waals surface area (Å²) in [7, 11) is 0. The lowest BCUT2D eigenvalue weighted by Crippen LogP contribution is -1.99. The molecule has 9 aromatic rings. The van der Waals surface area contributed by atoms with E-state index in [1.54, 1.807) is 0 Å². The highest BCUT2D eigenvalue weighted by atomic mass is 15.0. The lowest BCUT2D eigenvalue weighted by molar-refractivity contribution is 1.11. The van der Waals surface area contributed by atoms with Crippen LogP contribution in [0.25, 0.3) is 78.0 Å². The zero-order valence-corrected chi connectivity index (χ0v) is 25.0. The van der Waals surface area contributed by atoms with E-state index in [0.29, 0.717) is 5.82 Å². The van der Waals surface area contributed by atoms with Crippen LogP contribution in [0.5, 0.6) is 0 Å². The van der Waals surface area contributed by atoms with E-state index < -0.39 is 0 Å². The Kier molecular flexibility index (Phi) is 6.10. The van der Waals surface area contributed by atoms with Crippen LogP contribution in [0, 0.1) is 0 Å². The molecule has 0 unspecified atom stereocenters. The van der Waals surface area contributed by atoms with Gasteiger partial charge in [-0.3, -0.25) is 0 Å². The van der Waals surface area contributed by atoms with E-state index in [4.69, 9.17) is 9.97 Å². The summed E-state index contributed by atoms with van der Waals surface area (Å²) in [5.74, 6) is 0.696. The summed E-state index contributed by atoms with van der Waals surface area (Å²) in [4.78, 5) is 10.2. The summed E-state index contributed by atoms with van der Waals surface area (Å²) in [6.45, 7) is 0. The van der Waals surface area contributed by atoms with E-state index in [1.165, 1.54) is 32.7 Å². The molecule has 0 atom stereocenters. The van der Waals surface area contributed by atoms with Gasteiger partial charge in [0.2, 0.25) is 0 Å². The van der Waals surface area contributed by atoms with Crippen molar-refractivity contribution in [1.82, 2.24) is 19.1 Å². The van der Waals surface area contributed by atoms with E-state index in [-0.39, 0.29) is 0 Å². The Hall–Kier alpha value is -6.26. The van der Waals surface area contributed by atoms with Crippen molar-refractivity contribution < 1.29 is 0 Å². The lowest BCUT2D eigenvalue weighted by Gasteiger charge is -2.13. The number of hydrogen-bond donors (Lipinski definition) is 0. The SMILES string of the molecule is c1ccc(-c2cc(-c3ccccc3)nc(-c3cccc(-n4ccc5ccc6c7ccccc7n(-c7ccccc7)c6c54)c3)n2)cc1. The Labute approximate surface area is 266 Å². The Bertz CT molecular complexity index is 2450. The maximum atomic E-state index is 5.09. The molecule has 0 amide bonds. The van der Waals surface area contributed by atoms with E-state index in [0.717, 1.165) is 39.5 Å². The van der Waals surface area contributed by atoms with Crippen molar-refractivity contribution in [2.45, 2.75) is 0 Å². The molecule has 9 rings (SSSR count). The van der Waals surface area contributed by atoms with Gasteiger partial charge in [0.15, 0.2) is 5.82 Å². The van der Waals surface area contributed by atoms with Gasteiger partial charge in [0.25, 0.3) is 0 Å². The van der Waals surface area contributed by atoms with Crippen LogP contribution >= 0.6 is 0 Å². The minimum absolute atomic E-state index is 0.696. The predicted octanol–water partition coefficient (Wildman–Crippen LogP) is 10.5. The van der Waals surface area contributed by atoms with E-state index >= 15 is 0 Å². The fraction of sp³-hybridized carbons (Fsp3) is 0. The normalized spacial score (nSPS) is 11.5. The number of para-hydroxylation sites is 2. The molecular weight excluding hydrogens is 560 g/mol. The van der Waals surface area contributed by atoms with Crippen LogP contribution in [0.1, 0.15) is 0 Å². The topological polar surface area (TPSA) is 35.6 Å². The first-order valence-corrected chi connectivity index (χ1v) is 15.5. The standard InChI is InChI=1S/C42H28N4/c1-4-13-29(14-5-1)37-28-38(30-15-6-2-7-16-30)44-42(43-37)32-17-12-20-34(27-32)45-26-25-31-23-24-36-35-21-10-11-22-39(35)46(41(36)40(31)45)33-18-8-3-9-19-33/h1-28H. The van der Waals surface area contributed by atoms with Gasteiger partial charge < -0.3 is 9.13 Å². The summed E-state index contributed by atoms with van der Waals surface area (Å²) in [6.07, 6.45) is 2.17. The number of fused-ring (bicyclic) bond motifs is 5. The number of aromatic nitrogens is 4. The van der Waals surface area contributed by atoms with Gasteiger partial charge in [0.05, 0.1) is 27.9 Å². The van der Waals surface area contributed by atoms with Crippen LogP contribution < -0.4 is 0 Å². The molecule has 0 aliphatic heterocycles. The second kappa shape index (κ2) is 10.7. The second-order valence-corrected chi connectivity index (χ2v) is 11.5. The van der Waals surface area contributed by atoms with Gasteiger partial charge in [0, 0.05) is 50.4 Å². The molecule has 0 spiro atoms. The molecule has 4 heteroatoms. The van der Waals surface area contributed by atoms with Gasteiger partial charge in [-0.15, -0.1) is 0 Å². The van der Waals surface area contributed by atoms with Crippen molar-refractivity contribution in [3.05, 3.63) is 170 Å². The maximum absolute atomic E-state index is 5.09. The lowest BCUT2D eigenvalue weighted by atomic mass is 10.1. The first-order chi connectivity index (χ1) is 22.8. The smallest absolute Gasteiger partial charge is 0.160 e. The number of rotatable bonds is 5. The summed E-state index contributed by atoms with van der Waals surface area (Å²) in [6, 6.07) is 57.3. The fourth-order valence-electron chi connectivity index (χ4n) is 6.62. The summed E-state index contributed by atoms with van der Waals surface area (Å²) >= 11 is 0. The van der Waals surface area contributed by atoms with Crippen LogP contribution in [0.3, 0.4) is 0 Å². The summed E-state index contributed by atoms with van der Waals surface area (Å²) in [5.41, 5.74) is 10.6. The van der Waals surface area contributed by atoms with Crippen LogP contribution in [0.15, 0.2) is 170 Å². The molecule has 0 saturated heterocycles. The molecule has 3 aromatic heterocycles. The molecule has 4 nitrogen and oxygen atoms in total. The van der Waals surface area contributed by atoms with E-state index in [2.05, 4.69) is 143 Å². The maximum Gasteiger partial charge on any atom is 0.160 e. The van der Waals surface area contributed by atoms with Crippen LogP contribution in [0.2, 0.25) is 0 Å². The van der Waals surface area contributed by atoms with Crippen molar-refractivity contribution in [2.24, 2.45) is 0 Å². The van der Waals surface area contributed by atoms with Crippen LogP contribution in [-0.4, -0.2) is 19.1 Å². The quantitative estimate of drug-likeness (QED) is 0.200. The van der Waals surface area contributed by atoms with Gasteiger partial charge in [-0.2, -0.15) is 0 Å². The minimum Gasteiger partial charge on any atom is -0.315 e. The molecule has 46 heavy (non-hydrogen) atoms. The third kappa shape index (κ3) is 4.31. The monoisotopic (exact) mass is 588 g/mol. The Balaban J connectivity index is 1.27. The molecule has 3 heterocycles. The van der Waals surface area contributed by atoms with Gasteiger partial charge in [0.1, 0.15) is 0 Å². The van der Waals surface area contributed by atoms with Gasteiger partial charge in [-0.1, -0.05) is 121 Å². The Morgan fingerprint density at radius 3 is 1.74 bits per heavy atom. The first kappa shape index (κ1) is 26.2. The van der Waals surface area contributed by atoms with Gasteiger partial charge in [-0.05, 0) is 42.5 Å². The predicted molar refractivity (Wildman–Crippen MR) is 190 cm³/mol. The van der Waals surface area contributed by atoms with Crippen molar-refractivity contribution in [2.75, 3.05) is 0 Å². The minimum atomic E-state index is 0.696. The molecular formula is C42H28N4. The summed E-state index contributed by atoms with van der Waals surface area (Å²) < 4.78 is 4.70. The van der Waals surface area contributed by atoms with E-state index in [1.807, 2.05) is 36.4 Å². The number of nitrogens with zero attached hydrogens (tertiary/aromatic N) is 4. The number of benzene rings is 6. The fourth-order valence-corrected chi connectivity index (χ4v) is 6.62. The third-order valence-electron chi connectivity index (χ3n) is 8.75. The van der Waals surface area contributed by atoms with Crippen LogP contribution in [-0.2, 0) is 0 Å². The molecule has 0 fully saturated rings.